The van der Waals surface area contributed by atoms with Crippen LogP contribution in [0.3, 0.4) is 0 Å². The highest BCUT2D eigenvalue weighted by Gasteiger charge is 2.10. The second-order valence-corrected chi connectivity index (χ2v) is 2.07. The fraction of sp³-hybridized carbons (Fsp3) is 0.500. The number of carbonyl (C=O) groups excluding carboxylic acids is 2. The molecule has 0 aromatic rings. The number of ether oxygens (including phenoxy) is 1. The van der Waals surface area contributed by atoms with Crippen LogP contribution in [-0.2, 0) is 14.3 Å². The van der Waals surface area contributed by atoms with Crippen LogP contribution in [0.5, 0.6) is 0 Å². The van der Waals surface area contributed by atoms with Gasteiger partial charge in [-0.25, -0.2) is 9.59 Å². The van der Waals surface area contributed by atoms with Gasteiger partial charge < -0.3 is 10.2 Å². The topological polar surface area (TPSA) is 74.9 Å². The molecule has 0 spiro atoms. The van der Waals surface area contributed by atoms with Gasteiger partial charge in [-0.2, -0.15) is 0 Å². The summed E-state index contributed by atoms with van der Waals surface area (Å²) in [6.45, 7) is 4.36. The molecule has 1 aliphatic heterocycles. The molecule has 0 radical (unpaired) electrons. The molecule has 4 nitrogen and oxygen atoms in total. The van der Waals surface area contributed by atoms with Crippen molar-refractivity contribution < 1.29 is 19.8 Å². The molecule has 1 heterocycles. The average molecular weight is 174 g/mol. The number of carbonyl (C=O) groups is 2. The fourth-order valence-corrected chi connectivity index (χ4v) is 0.303. The summed E-state index contributed by atoms with van der Waals surface area (Å²) in [7, 11) is 0. The van der Waals surface area contributed by atoms with Gasteiger partial charge in [-0.1, -0.05) is 26.7 Å². The monoisotopic (exact) mass is 174 g/mol. The molecule has 0 saturated carbocycles. The van der Waals surface area contributed by atoms with Gasteiger partial charge in [-0.15, -0.1) is 0 Å². The minimum absolute atomic E-state index is 0. The number of unbranched alkanes of at least 4 members (excludes halogenated alkanes) is 1. The average Bonchev–Trinajstić information content (AvgIpc) is 2.35. The van der Waals surface area contributed by atoms with Crippen LogP contribution in [0.25, 0.3) is 0 Å². The summed E-state index contributed by atoms with van der Waals surface area (Å²) in [5, 5.41) is 0. The lowest BCUT2D eigenvalue weighted by molar-refractivity contribution is -0.150. The Labute approximate surface area is 71.5 Å². The Morgan fingerprint density at radius 2 is 1.42 bits per heavy atom. The molecule has 1 aliphatic rings. The molecule has 0 aliphatic carbocycles. The second-order valence-electron chi connectivity index (χ2n) is 2.07. The lowest BCUT2D eigenvalue weighted by Crippen LogP contribution is -1.96. The SMILES string of the molecule is CCCC.O.O=C1C=CC(=O)O1. The zero-order valence-electron chi connectivity index (χ0n) is 7.29. The molecule has 0 amide bonds. The van der Waals surface area contributed by atoms with Gasteiger partial charge in [0.15, 0.2) is 0 Å². The summed E-state index contributed by atoms with van der Waals surface area (Å²) < 4.78 is 3.97. The van der Waals surface area contributed by atoms with Crippen molar-refractivity contribution in [1.29, 1.82) is 0 Å². The van der Waals surface area contributed by atoms with Gasteiger partial charge >= 0.3 is 11.9 Å². The number of hydrogen-bond donors (Lipinski definition) is 0. The van der Waals surface area contributed by atoms with Crippen molar-refractivity contribution in [2.75, 3.05) is 0 Å². The van der Waals surface area contributed by atoms with Gasteiger partial charge in [0.1, 0.15) is 0 Å². The third-order valence-electron chi connectivity index (χ3n) is 1.06. The molecule has 0 aromatic heterocycles. The van der Waals surface area contributed by atoms with Crippen molar-refractivity contribution in [2.45, 2.75) is 26.7 Å². The zero-order valence-corrected chi connectivity index (χ0v) is 7.29. The van der Waals surface area contributed by atoms with Crippen molar-refractivity contribution >= 4 is 11.9 Å². The fourth-order valence-electron chi connectivity index (χ4n) is 0.303. The van der Waals surface area contributed by atoms with Crippen LogP contribution in [0, 0.1) is 0 Å². The third-order valence-corrected chi connectivity index (χ3v) is 1.06. The van der Waals surface area contributed by atoms with Gasteiger partial charge in [-0.3, -0.25) is 0 Å². The summed E-state index contributed by atoms with van der Waals surface area (Å²) >= 11 is 0. The first-order valence-corrected chi connectivity index (χ1v) is 3.64. The van der Waals surface area contributed by atoms with Crippen LogP contribution in [0.4, 0.5) is 0 Å². The van der Waals surface area contributed by atoms with E-state index in [1.165, 1.54) is 12.8 Å². The van der Waals surface area contributed by atoms with Crippen LogP contribution in [-0.4, -0.2) is 17.4 Å². The Balaban J connectivity index is 0. The van der Waals surface area contributed by atoms with Crippen molar-refractivity contribution in [1.82, 2.24) is 0 Å². The summed E-state index contributed by atoms with van der Waals surface area (Å²) in [4.78, 5) is 19.8. The van der Waals surface area contributed by atoms with E-state index in [4.69, 9.17) is 0 Å². The van der Waals surface area contributed by atoms with E-state index >= 15 is 0 Å². The Kier molecular flexibility index (Phi) is 8.89. The van der Waals surface area contributed by atoms with Gasteiger partial charge in [0.2, 0.25) is 0 Å². The standard InChI is InChI=1S/C4H2O3.C4H10.H2O/c5-3-1-2-4(6)7-3;1-3-4-2;/h1-2H;3-4H2,1-2H3;1H2. The van der Waals surface area contributed by atoms with Crippen LogP contribution in [0.1, 0.15) is 26.7 Å². The summed E-state index contributed by atoms with van der Waals surface area (Å²) in [6, 6.07) is 0. The zero-order chi connectivity index (χ0) is 8.69. The van der Waals surface area contributed by atoms with Crippen LogP contribution >= 0.6 is 0 Å². The summed E-state index contributed by atoms with van der Waals surface area (Å²) in [6.07, 6.45) is 4.81. The van der Waals surface area contributed by atoms with E-state index in [2.05, 4.69) is 18.6 Å². The molecule has 0 aromatic carbocycles. The summed E-state index contributed by atoms with van der Waals surface area (Å²) in [5.74, 6) is -1.16. The van der Waals surface area contributed by atoms with Crippen LogP contribution in [0.15, 0.2) is 12.2 Å². The smallest absolute Gasteiger partial charge is 0.338 e. The van der Waals surface area contributed by atoms with E-state index < -0.39 is 11.9 Å². The molecule has 0 fully saturated rings. The van der Waals surface area contributed by atoms with Crippen molar-refractivity contribution in [2.24, 2.45) is 0 Å². The summed E-state index contributed by atoms with van der Waals surface area (Å²) in [5.41, 5.74) is 0. The van der Waals surface area contributed by atoms with Gasteiger partial charge in [0, 0.05) is 12.2 Å². The quantitative estimate of drug-likeness (QED) is 0.431. The highest BCUT2D eigenvalue weighted by atomic mass is 16.6. The Morgan fingerprint density at radius 1 is 1.08 bits per heavy atom. The molecule has 12 heavy (non-hydrogen) atoms. The number of hydrogen-bond acceptors (Lipinski definition) is 3. The number of cyclic esters (lactones) is 2. The van der Waals surface area contributed by atoms with E-state index in [0.29, 0.717) is 0 Å². The highest BCUT2D eigenvalue weighted by molar-refractivity contribution is 6.04. The first-order valence-electron chi connectivity index (χ1n) is 3.64. The second kappa shape index (κ2) is 7.94. The predicted octanol–water partition coefficient (Wildman–Crippen LogP) is 0.608. The minimum Gasteiger partial charge on any atom is -0.412 e. The molecule has 70 valence electrons. The van der Waals surface area contributed by atoms with Crippen LogP contribution < -0.4 is 0 Å². The van der Waals surface area contributed by atoms with Crippen molar-refractivity contribution in [3.8, 4) is 0 Å². The largest absolute Gasteiger partial charge is 0.412 e. The molecular weight excluding hydrogens is 160 g/mol. The Hall–Kier alpha value is -1.16. The van der Waals surface area contributed by atoms with E-state index in [1.54, 1.807) is 0 Å². The molecular formula is C8H14O4. The molecule has 4 heteroatoms. The molecule has 1 rings (SSSR count). The van der Waals surface area contributed by atoms with Gasteiger partial charge in [0.25, 0.3) is 0 Å². The highest BCUT2D eigenvalue weighted by Crippen LogP contribution is 1.92. The van der Waals surface area contributed by atoms with E-state index in [-0.39, 0.29) is 5.48 Å². The van der Waals surface area contributed by atoms with Crippen molar-refractivity contribution in [3.63, 3.8) is 0 Å². The lowest BCUT2D eigenvalue weighted by Gasteiger charge is -1.80. The van der Waals surface area contributed by atoms with E-state index in [0.717, 1.165) is 12.2 Å². The molecule has 0 saturated heterocycles. The minimum atomic E-state index is -0.579. The predicted molar refractivity (Wildman–Crippen MR) is 44.4 cm³/mol. The molecule has 0 atom stereocenters. The molecule has 0 bridgehead atoms. The van der Waals surface area contributed by atoms with Crippen LogP contribution in [0.2, 0.25) is 0 Å². The molecule has 2 N–H and O–H groups in total. The first kappa shape index (κ1) is 13.4. The maximum absolute atomic E-state index is 9.92. The van der Waals surface area contributed by atoms with E-state index in [9.17, 15) is 9.59 Å². The maximum Gasteiger partial charge on any atom is 0.338 e. The number of rotatable bonds is 1. The Morgan fingerprint density at radius 3 is 1.50 bits per heavy atom. The van der Waals surface area contributed by atoms with Crippen molar-refractivity contribution in [3.05, 3.63) is 12.2 Å². The first-order chi connectivity index (χ1) is 5.20. The maximum atomic E-state index is 9.92. The normalized spacial score (nSPS) is 12.8. The van der Waals surface area contributed by atoms with Gasteiger partial charge in [0.05, 0.1) is 0 Å². The molecule has 0 unspecified atom stereocenters. The van der Waals surface area contributed by atoms with Gasteiger partial charge in [-0.05, 0) is 0 Å². The lowest BCUT2D eigenvalue weighted by atomic mass is 10.4. The number of esters is 2. The third kappa shape index (κ3) is 6.95. The Bertz CT molecular complexity index is 154. The van der Waals surface area contributed by atoms with E-state index in [1.807, 2.05) is 0 Å².